The average Bonchev–Trinajstić information content (AvgIpc) is 2.77. The molecule has 15 heteroatoms. The molecule has 0 spiro atoms. The van der Waals surface area contributed by atoms with E-state index in [1.807, 2.05) is 27.7 Å². The van der Waals surface area contributed by atoms with Crippen LogP contribution in [0.4, 0.5) is 13.2 Å². The van der Waals surface area contributed by atoms with Crippen LogP contribution in [0.5, 0.6) is 23.0 Å². The summed E-state index contributed by atoms with van der Waals surface area (Å²) in [5.41, 5.74) is -6.03. The van der Waals surface area contributed by atoms with Crippen LogP contribution in [0.1, 0.15) is 38.8 Å². The van der Waals surface area contributed by atoms with Gasteiger partial charge in [-0.3, -0.25) is 9.98 Å². The van der Waals surface area contributed by atoms with Crippen LogP contribution in [0.15, 0.2) is 46.4 Å². The van der Waals surface area contributed by atoms with Crippen LogP contribution in [0, 0.1) is 0 Å². The van der Waals surface area contributed by atoms with Crippen molar-refractivity contribution < 1.29 is 68.4 Å². The number of halogens is 3. The number of alkyl halides is 3. The van der Waals surface area contributed by atoms with Crippen molar-refractivity contribution in [3.63, 3.8) is 0 Å². The zero-order chi connectivity index (χ0) is 27.9. The second-order valence-electron chi connectivity index (χ2n) is 8.34. The minimum atomic E-state index is -6.09. The van der Waals surface area contributed by atoms with Gasteiger partial charge in [0.1, 0.15) is 11.5 Å². The SMILES string of the molecule is COc1ccc([O-])c(C=NC(C)(C)C(C)(C)N=Cc2cc(OC)ccc2[O-])c1.O=S(=O)([O-])C(F)(F)F.[Mn+3].[OH3+]. The fraction of sp³-hybridized carbons (Fsp3) is 0.391. The normalized spacial score (nSPS) is 12.3. The first-order chi connectivity index (χ1) is 16.3. The number of aliphatic imine (C=N–C) groups is 2. The Morgan fingerprint density at radius 1 is 0.789 bits per heavy atom. The van der Waals surface area contributed by atoms with Crippen LogP contribution < -0.4 is 19.7 Å². The second kappa shape index (κ2) is 14.4. The van der Waals surface area contributed by atoms with Gasteiger partial charge in [0.15, 0.2) is 10.1 Å². The summed E-state index contributed by atoms with van der Waals surface area (Å²) in [6.07, 6.45) is 3.10. The summed E-state index contributed by atoms with van der Waals surface area (Å²) in [5.74, 6) is 0.928. The Hall–Kier alpha value is -2.84. The fourth-order valence-corrected chi connectivity index (χ4v) is 2.29. The summed E-state index contributed by atoms with van der Waals surface area (Å²) in [7, 11) is -3.00. The van der Waals surface area contributed by atoms with E-state index in [2.05, 4.69) is 9.98 Å². The summed E-state index contributed by atoms with van der Waals surface area (Å²) in [6, 6.07) is 9.45. The standard InChI is InChI=1S/C22H28N2O4.CHF3O3S.Mn.H2O/c1-21(2,23-13-15-11-17(27-5)7-9-19(15)25)22(3,4)24-14-16-12-18(28-6)8-10-20(16)26;2-1(3,4)8(5,6)7;;/h7-14,25-26H,1-6H3;(H,5,6,7);;1H2/q;;+3;/p-2. The molecule has 0 aliphatic carbocycles. The van der Waals surface area contributed by atoms with Gasteiger partial charge in [0, 0.05) is 12.4 Å². The molecule has 2 aromatic rings. The quantitative estimate of drug-likeness (QED) is 0.152. The van der Waals surface area contributed by atoms with E-state index in [4.69, 9.17) is 22.4 Å². The Morgan fingerprint density at radius 2 is 1.08 bits per heavy atom. The Balaban J connectivity index is 0. The van der Waals surface area contributed by atoms with Crippen LogP contribution in [-0.4, -0.2) is 56.2 Å². The Labute approximate surface area is 229 Å². The summed E-state index contributed by atoms with van der Waals surface area (Å²) >= 11 is 0. The summed E-state index contributed by atoms with van der Waals surface area (Å²) < 4.78 is 69.2. The summed E-state index contributed by atoms with van der Waals surface area (Å²) in [6.45, 7) is 7.70. The molecular weight excluding hydrogens is 576 g/mol. The molecule has 38 heavy (non-hydrogen) atoms. The maximum atomic E-state index is 12.0. The van der Waals surface area contributed by atoms with Gasteiger partial charge in [-0.25, -0.2) is 8.42 Å². The minimum absolute atomic E-state index is 0. The van der Waals surface area contributed by atoms with E-state index >= 15 is 0 Å². The first kappa shape index (κ1) is 37.3. The zero-order valence-electron chi connectivity index (χ0n) is 21.4. The smallest absolute Gasteiger partial charge is 0.872 e. The minimum Gasteiger partial charge on any atom is -0.872 e. The van der Waals surface area contributed by atoms with Crippen molar-refractivity contribution in [3.8, 4) is 23.0 Å². The first-order valence-electron chi connectivity index (χ1n) is 10.2. The topological polar surface area (TPSA) is 180 Å². The monoisotopic (exact) mass is 605 g/mol. The largest absolute Gasteiger partial charge is 3.00 e. The van der Waals surface area contributed by atoms with Gasteiger partial charge in [-0.1, -0.05) is 23.6 Å². The van der Waals surface area contributed by atoms with Crippen molar-refractivity contribution >= 4 is 22.5 Å². The zero-order valence-corrected chi connectivity index (χ0v) is 23.4. The maximum absolute atomic E-state index is 12.0. The van der Waals surface area contributed by atoms with E-state index in [-0.39, 0.29) is 34.0 Å². The Bertz CT molecular complexity index is 1140. The molecule has 0 unspecified atom stereocenters. The predicted octanol–water partition coefficient (Wildman–Crippen LogP) is 2.07. The molecule has 0 aromatic heterocycles. The molecule has 0 radical (unpaired) electrons. The number of hydrogen-bond donors (Lipinski definition) is 0. The van der Waals surface area contributed by atoms with Crippen molar-refractivity contribution in [2.45, 2.75) is 44.3 Å². The van der Waals surface area contributed by atoms with Crippen LogP contribution in [0.3, 0.4) is 0 Å². The van der Waals surface area contributed by atoms with Crippen LogP contribution in [0.2, 0.25) is 0 Å². The number of rotatable bonds is 7. The molecule has 0 amide bonds. The van der Waals surface area contributed by atoms with Gasteiger partial charge < -0.3 is 29.7 Å². The fourth-order valence-electron chi connectivity index (χ4n) is 2.29. The molecule has 0 saturated carbocycles. The Morgan fingerprint density at radius 3 is 1.32 bits per heavy atom. The van der Waals surface area contributed by atoms with E-state index in [0.717, 1.165) is 0 Å². The van der Waals surface area contributed by atoms with Gasteiger partial charge in [0.05, 0.1) is 25.3 Å². The number of methoxy groups -OCH3 is 2. The molecule has 10 nitrogen and oxygen atoms in total. The van der Waals surface area contributed by atoms with Gasteiger partial charge in [-0.2, -0.15) is 13.2 Å². The molecule has 0 aliphatic heterocycles. The van der Waals surface area contributed by atoms with Crippen molar-refractivity contribution in [2.75, 3.05) is 14.2 Å². The second-order valence-corrected chi connectivity index (χ2v) is 9.71. The predicted molar refractivity (Wildman–Crippen MR) is 129 cm³/mol. The summed E-state index contributed by atoms with van der Waals surface area (Å²) in [5, 5.41) is 24.1. The van der Waals surface area contributed by atoms with Crippen molar-refractivity contribution in [1.29, 1.82) is 0 Å². The molecular formula is C23H29F3MnN2O8S+. The van der Waals surface area contributed by atoms with Gasteiger partial charge >= 0.3 is 22.6 Å². The van der Waals surface area contributed by atoms with E-state index in [1.54, 1.807) is 50.9 Å². The summed E-state index contributed by atoms with van der Waals surface area (Å²) in [4.78, 5) is 9.21. The third-order valence-electron chi connectivity index (χ3n) is 5.27. The maximum Gasteiger partial charge on any atom is 3.00 e. The number of benzene rings is 2. The van der Waals surface area contributed by atoms with Crippen LogP contribution >= 0.6 is 0 Å². The first-order valence-corrected chi connectivity index (χ1v) is 11.6. The molecule has 3 N–H and O–H groups in total. The van der Waals surface area contributed by atoms with Crippen LogP contribution in [-0.2, 0) is 32.7 Å². The van der Waals surface area contributed by atoms with Crippen molar-refractivity contribution in [2.24, 2.45) is 9.98 Å². The molecule has 0 bridgehead atoms. The van der Waals surface area contributed by atoms with Gasteiger partial charge in [-0.05, 0) is 63.1 Å². The molecule has 2 aromatic carbocycles. The molecule has 0 heterocycles. The molecule has 0 aliphatic rings. The van der Waals surface area contributed by atoms with E-state index in [0.29, 0.717) is 22.6 Å². The van der Waals surface area contributed by atoms with Crippen molar-refractivity contribution in [3.05, 3.63) is 47.5 Å². The number of nitrogens with zero attached hydrogens (tertiary/aromatic N) is 2. The van der Waals surface area contributed by atoms with Gasteiger partial charge in [0.2, 0.25) is 0 Å². The van der Waals surface area contributed by atoms with Crippen molar-refractivity contribution in [1.82, 2.24) is 0 Å². The molecule has 0 saturated heterocycles. The molecule has 0 atom stereocenters. The third-order valence-corrected chi connectivity index (χ3v) is 5.83. The number of hydrogen-bond acceptors (Lipinski definition) is 9. The Kier molecular flexibility index (Phi) is 14.1. The molecule has 0 fully saturated rings. The van der Waals surface area contributed by atoms with E-state index in [9.17, 15) is 23.4 Å². The molecule has 212 valence electrons. The van der Waals surface area contributed by atoms with Gasteiger partial charge in [0.25, 0.3) is 0 Å². The van der Waals surface area contributed by atoms with Crippen LogP contribution in [0.25, 0.3) is 0 Å². The van der Waals surface area contributed by atoms with E-state index < -0.39 is 26.7 Å². The third kappa shape index (κ3) is 10.5. The van der Waals surface area contributed by atoms with E-state index in [1.165, 1.54) is 12.1 Å². The number of ether oxygens (including phenoxy) is 2. The molecule has 2 rings (SSSR count). The average molecular weight is 605 g/mol. The van der Waals surface area contributed by atoms with Gasteiger partial charge in [-0.15, -0.1) is 0 Å².